The fourth-order valence-electron chi connectivity index (χ4n) is 3.27. The van der Waals surface area contributed by atoms with E-state index in [1.54, 1.807) is 44.4 Å². The highest BCUT2D eigenvalue weighted by Crippen LogP contribution is 2.38. The van der Waals surface area contributed by atoms with Gasteiger partial charge in [0.25, 0.3) is 10.0 Å². The number of hydrogen-bond donors (Lipinski definition) is 0. The average Bonchev–Trinajstić information content (AvgIpc) is 2.74. The highest BCUT2D eigenvalue weighted by molar-refractivity contribution is 7.92. The average molecular weight is 430 g/mol. The van der Waals surface area contributed by atoms with Gasteiger partial charge in [0.15, 0.2) is 0 Å². The molecule has 0 saturated heterocycles. The third-order valence-corrected chi connectivity index (χ3v) is 6.81. The summed E-state index contributed by atoms with van der Waals surface area (Å²) in [6, 6.07) is 16.6. The molecule has 0 N–H and O–H groups in total. The van der Waals surface area contributed by atoms with Crippen LogP contribution in [-0.2, 0) is 10.0 Å². The van der Waals surface area contributed by atoms with Gasteiger partial charge in [-0.15, -0.1) is 0 Å². The number of ether oxygens (including phenoxy) is 2. The van der Waals surface area contributed by atoms with E-state index in [0.29, 0.717) is 22.7 Å². The molecule has 0 radical (unpaired) electrons. The van der Waals surface area contributed by atoms with Gasteiger partial charge in [-0.05, 0) is 68.4 Å². The first kappa shape index (κ1) is 21.6. The van der Waals surface area contributed by atoms with Gasteiger partial charge in [0.2, 0.25) is 0 Å². The molecule has 0 spiro atoms. The van der Waals surface area contributed by atoms with E-state index in [1.807, 2.05) is 19.1 Å². The normalized spacial score (nSPS) is 12.3. The van der Waals surface area contributed by atoms with E-state index in [4.69, 9.17) is 9.47 Å². The van der Waals surface area contributed by atoms with E-state index in [0.717, 1.165) is 17.7 Å². The number of benzene rings is 3. The van der Waals surface area contributed by atoms with E-state index in [-0.39, 0.29) is 4.90 Å². The lowest BCUT2D eigenvalue weighted by atomic mass is 10.1. The maximum atomic E-state index is 13.6. The maximum Gasteiger partial charge on any atom is 0.264 e. The molecule has 0 aliphatic carbocycles. The molecule has 0 heterocycles. The molecule has 0 amide bonds. The summed E-state index contributed by atoms with van der Waals surface area (Å²) in [6.45, 7) is 3.70. The maximum absolute atomic E-state index is 13.6. The van der Waals surface area contributed by atoms with Gasteiger partial charge in [-0.2, -0.15) is 0 Å². The molecule has 0 bridgehead atoms. The molecular formula is C23H24FNO4S. The summed E-state index contributed by atoms with van der Waals surface area (Å²) >= 11 is 0. The highest BCUT2D eigenvalue weighted by Gasteiger charge is 2.32. The van der Waals surface area contributed by atoms with Gasteiger partial charge in [0.1, 0.15) is 17.3 Å². The van der Waals surface area contributed by atoms with Crippen molar-refractivity contribution in [2.45, 2.75) is 24.8 Å². The van der Waals surface area contributed by atoms with E-state index in [1.165, 1.54) is 23.5 Å². The smallest absolute Gasteiger partial charge is 0.264 e. The van der Waals surface area contributed by atoms with Crippen LogP contribution >= 0.6 is 0 Å². The van der Waals surface area contributed by atoms with Crippen molar-refractivity contribution in [2.24, 2.45) is 0 Å². The van der Waals surface area contributed by atoms with Gasteiger partial charge in [-0.25, -0.2) is 12.8 Å². The van der Waals surface area contributed by atoms with Crippen molar-refractivity contribution in [3.63, 3.8) is 0 Å². The number of anilines is 1. The molecular weight excluding hydrogens is 405 g/mol. The van der Waals surface area contributed by atoms with Crippen LogP contribution in [0.2, 0.25) is 0 Å². The van der Waals surface area contributed by atoms with Gasteiger partial charge in [0, 0.05) is 5.56 Å². The van der Waals surface area contributed by atoms with Crippen LogP contribution in [0, 0.1) is 12.7 Å². The second-order valence-corrected chi connectivity index (χ2v) is 8.69. The topological polar surface area (TPSA) is 55.8 Å². The predicted octanol–water partition coefficient (Wildman–Crippen LogP) is 5.11. The molecule has 0 unspecified atom stereocenters. The third kappa shape index (κ3) is 4.26. The first-order valence-electron chi connectivity index (χ1n) is 9.36. The van der Waals surface area contributed by atoms with Crippen LogP contribution in [0.3, 0.4) is 0 Å². The molecule has 0 aromatic heterocycles. The van der Waals surface area contributed by atoms with Crippen LogP contribution in [0.25, 0.3) is 0 Å². The molecule has 0 aliphatic rings. The number of rotatable bonds is 7. The van der Waals surface area contributed by atoms with Gasteiger partial charge < -0.3 is 9.47 Å². The Hall–Kier alpha value is -3.06. The summed E-state index contributed by atoms with van der Waals surface area (Å²) in [7, 11) is -0.930. The zero-order valence-corrected chi connectivity index (χ0v) is 18.1. The monoisotopic (exact) mass is 429 g/mol. The Kier molecular flexibility index (Phi) is 6.31. The van der Waals surface area contributed by atoms with Crippen molar-refractivity contribution in [3.8, 4) is 11.5 Å². The van der Waals surface area contributed by atoms with Gasteiger partial charge in [-0.1, -0.05) is 17.7 Å². The molecule has 30 heavy (non-hydrogen) atoms. The minimum atomic E-state index is -4.01. The zero-order valence-electron chi connectivity index (χ0n) is 17.3. The minimum absolute atomic E-state index is 0.00168. The summed E-state index contributed by atoms with van der Waals surface area (Å²) in [5.74, 6) is 0.619. The van der Waals surface area contributed by atoms with E-state index >= 15 is 0 Å². The Morgan fingerprint density at radius 3 is 2.10 bits per heavy atom. The summed E-state index contributed by atoms with van der Waals surface area (Å²) < 4.78 is 52.8. The molecule has 158 valence electrons. The summed E-state index contributed by atoms with van der Waals surface area (Å²) in [4.78, 5) is -0.00168. The number of hydrogen-bond acceptors (Lipinski definition) is 4. The van der Waals surface area contributed by atoms with E-state index in [2.05, 4.69) is 0 Å². The molecule has 3 aromatic rings. The molecule has 3 aromatic carbocycles. The van der Waals surface area contributed by atoms with Gasteiger partial charge in [0.05, 0.1) is 30.8 Å². The van der Waals surface area contributed by atoms with Crippen LogP contribution < -0.4 is 13.8 Å². The Morgan fingerprint density at radius 2 is 1.53 bits per heavy atom. The molecule has 1 atom stereocenters. The first-order chi connectivity index (χ1) is 14.3. The SMILES string of the molecule is COc1ccc(OC)c([C@@H](C)N(c2ccc(C)cc2)S(=O)(=O)c2ccc(F)cc2)c1. The van der Waals surface area contributed by atoms with E-state index < -0.39 is 21.9 Å². The molecule has 0 saturated carbocycles. The summed E-state index contributed by atoms with van der Waals surface area (Å²) in [5, 5.41) is 0. The Labute approximate surface area is 176 Å². The van der Waals surface area contributed by atoms with Crippen molar-refractivity contribution >= 4 is 15.7 Å². The first-order valence-corrected chi connectivity index (χ1v) is 10.8. The minimum Gasteiger partial charge on any atom is -0.497 e. The van der Waals surface area contributed by atoms with Gasteiger partial charge >= 0.3 is 0 Å². The summed E-state index contributed by atoms with van der Waals surface area (Å²) in [5.41, 5.74) is 2.13. The number of nitrogens with zero attached hydrogens (tertiary/aromatic N) is 1. The highest BCUT2D eigenvalue weighted by atomic mass is 32.2. The van der Waals surface area contributed by atoms with Crippen LogP contribution in [0.5, 0.6) is 11.5 Å². The Bertz CT molecular complexity index is 1110. The van der Waals surface area contributed by atoms with Crippen molar-refractivity contribution in [1.29, 1.82) is 0 Å². The van der Waals surface area contributed by atoms with Crippen molar-refractivity contribution in [2.75, 3.05) is 18.5 Å². The molecule has 3 rings (SSSR count). The molecule has 7 heteroatoms. The lowest BCUT2D eigenvalue weighted by Gasteiger charge is -2.32. The Balaban J connectivity index is 2.20. The quantitative estimate of drug-likeness (QED) is 0.524. The van der Waals surface area contributed by atoms with Crippen molar-refractivity contribution in [3.05, 3.63) is 83.7 Å². The zero-order chi connectivity index (χ0) is 21.9. The standard InChI is InChI=1S/C23H24FNO4S/c1-16-5-9-19(10-6-16)25(30(26,27)21-12-7-18(24)8-13-21)17(2)22-15-20(28-3)11-14-23(22)29-4/h5-15,17H,1-4H3/t17-/m1/s1. The fraction of sp³-hybridized carbons (Fsp3) is 0.217. The molecule has 5 nitrogen and oxygen atoms in total. The predicted molar refractivity (Wildman–Crippen MR) is 115 cm³/mol. The van der Waals surface area contributed by atoms with Crippen LogP contribution in [0.15, 0.2) is 71.6 Å². The lowest BCUT2D eigenvalue weighted by Crippen LogP contribution is -2.34. The summed E-state index contributed by atoms with van der Waals surface area (Å²) in [6.07, 6.45) is 0. The van der Waals surface area contributed by atoms with Crippen molar-refractivity contribution < 1.29 is 22.3 Å². The fourth-order valence-corrected chi connectivity index (χ4v) is 4.91. The second kappa shape index (κ2) is 8.75. The number of methoxy groups -OCH3 is 2. The van der Waals surface area contributed by atoms with E-state index in [9.17, 15) is 12.8 Å². The lowest BCUT2D eigenvalue weighted by molar-refractivity contribution is 0.396. The largest absolute Gasteiger partial charge is 0.497 e. The van der Waals surface area contributed by atoms with Crippen LogP contribution in [0.4, 0.5) is 10.1 Å². The molecule has 0 fully saturated rings. The third-order valence-electron chi connectivity index (χ3n) is 4.90. The number of halogens is 1. The molecule has 0 aliphatic heterocycles. The second-order valence-electron chi connectivity index (χ2n) is 6.87. The van der Waals surface area contributed by atoms with Crippen molar-refractivity contribution in [1.82, 2.24) is 0 Å². The Morgan fingerprint density at radius 1 is 0.900 bits per heavy atom. The van der Waals surface area contributed by atoms with Crippen LogP contribution in [-0.4, -0.2) is 22.6 Å². The number of sulfonamides is 1. The number of aryl methyl sites for hydroxylation is 1. The van der Waals surface area contributed by atoms with Gasteiger partial charge in [-0.3, -0.25) is 4.31 Å². The van der Waals surface area contributed by atoms with Crippen LogP contribution in [0.1, 0.15) is 24.1 Å².